The summed E-state index contributed by atoms with van der Waals surface area (Å²) in [6.45, 7) is 14.1. The molecule has 0 aliphatic carbocycles. The van der Waals surface area contributed by atoms with Crippen LogP contribution in [0.5, 0.6) is 0 Å². The van der Waals surface area contributed by atoms with Crippen molar-refractivity contribution in [3.63, 3.8) is 0 Å². The van der Waals surface area contributed by atoms with Gasteiger partial charge >= 0.3 is 0 Å². The summed E-state index contributed by atoms with van der Waals surface area (Å²) in [5.41, 5.74) is 4.48. The highest BCUT2D eigenvalue weighted by Crippen LogP contribution is 2.23. The van der Waals surface area contributed by atoms with E-state index in [1.54, 1.807) is 6.08 Å². The van der Waals surface area contributed by atoms with E-state index in [0.717, 1.165) is 16.7 Å². The Kier molecular flexibility index (Phi) is 7.00. The molecule has 0 fully saturated rings. The van der Waals surface area contributed by atoms with Crippen molar-refractivity contribution in [2.24, 2.45) is 4.99 Å². The molecule has 1 aromatic rings. The largest absolute Gasteiger partial charge is 0.392 e. The zero-order chi connectivity index (χ0) is 16.6. The molecule has 0 amide bonds. The van der Waals surface area contributed by atoms with E-state index in [0.29, 0.717) is 0 Å². The molecule has 0 saturated carbocycles. The predicted octanol–water partition coefficient (Wildman–Crippen LogP) is 4.95. The standard InChI is InChI=1S/C13H14O.C7H13N/c1-3-4-5-11(2)13-8-6-12(10-14)7-9-13;1-6-4-5-7(2,3)8-6/h3-9,14H,1-2,10H2;4-5H2,1-3H3/b5-4-;. The van der Waals surface area contributed by atoms with Crippen LogP contribution in [0.15, 0.2) is 60.6 Å². The van der Waals surface area contributed by atoms with Crippen molar-refractivity contribution in [1.29, 1.82) is 0 Å². The maximum absolute atomic E-state index is 8.86. The second-order valence-electron chi connectivity index (χ2n) is 6.13. The maximum atomic E-state index is 8.86. The summed E-state index contributed by atoms with van der Waals surface area (Å²) in [7, 11) is 0. The van der Waals surface area contributed by atoms with Gasteiger partial charge in [0, 0.05) is 5.71 Å². The Morgan fingerprint density at radius 2 is 1.95 bits per heavy atom. The van der Waals surface area contributed by atoms with Crippen molar-refractivity contribution in [3.05, 3.63) is 66.8 Å². The quantitative estimate of drug-likeness (QED) is 0.783. The molecule has 22 heavy (non-hydrogen) atoms. The molecule has 0 bridgehead atoms. The van der Waals surface area contributed by atoms with E-state index in [2.05, 4.69) is 38.9 Å². The Hall–Kier alpha value is -1.93. The van der Waals surface area contributed by atoms with Crippen LogP contribution in [0.25, 0.3) is 5.57 Å². The van der Waals surface area contributed by atoms with E-state index in [1.165, 1.54) is 18.6 Å². The first-order valence-electron chi connectivity index (χ1n) is 7.61. The topological polar surface area (TPSA) is 32.6 Å². The molecule has 2 rings (SSSR count). The Morgan fingerprint density at radius 1 is 1.32 bits per heavy atom. The third kappa shape index (κ3) is 6.23. The zero-order valence-electron chi connectivity index (χ0n) is 14.0. The monoisotopic (exact) mass is 297 g/mol. The SMILES string of the molecule is C=C/C=C\C(=C)c1ccc(CO)cc1.CC1=NC(C)(C)CC1. The molecular weight excluding hydrogens is 270 g/mol. The van der Waals surface area contributed by atoms with Crippen molar-refractivity contribution in [3.8, 4) is 0 Å². The zero-order valence-corrected chi connectivity index (χ0v) is 14.0. The number of aliphatic imine (C=N–C) groups is 1. The predicted molar refractivity (Wildman–Crippen MR) is 97.2 cm³/mol. The van der Waals surface area contributed by atoms with Crippen LogP contribution >= 0.6 is 0 Å². The van der Waals surface area contributed by atoms with E-state index in [1.807, 2.05) is 36.4 Å². The van der Waals surface area contributed by atoms with Crippen LogP contribution in [0.3, 0.4) is 0 Å². The summed E-state index contributed by atoms with van der Waals surface area (Å²) < 4.78 is 0. The highest BCUT2D eigenvalue weighted by Gasteiger charge is 2.21. The highest BCUT2D eigenvalue weighted by molar-refractivity contribution is 5.84. The summed E-state index contributed by atoms with van der Waals surface area (Å²) in [6, 6.07) is 7.67. The van der Waals surface area contributed by atoms with Gasteiger partial charge in [0.25, 0.3) is 0 Å². The van der Waals surface area contributed by atoms with Gasteiger partial charge in [-0.05, 0) is 50.3 Å². The molecule has 118 valence electrons. The lowest BCUT2D eigenvalue weighted by Crippen LogP contribution is -2.10. The molecule has 2 nitrogen and oxygen atoms in total. The summed E-state index contributed by atoms with van der Waals surface area (Å²) >= 11 is 0. The number of allylic oxidation sites excluding steroid dienone is 4. The van der Waals surface area contributed by atoms with Crippen LogP contribution in [0, 0.1) is 0 Å². The van der Waals surface area contributed by atoms with Crippen molar-refractivity contribution < 1.29 is 5.11 Å². The van der Waals surface area contributed by atoms with Gasteiger partial charge in [0.1, 0.15) is 0 Å². The lowest BCUT2D eigenvalue weighted by molar-refractivity contribution is 0.282. The molecule has 0 spiro atoms. The first kappa shape index (κ1) is 18.1. The second-order valence-corrected chi connectivity index (χ2v) is 6.13. The van der Waals surface area contributed by atoms with E-state index in [4.69, 9.17) is 5.11 Å². The Bertz CT molecular complexity index is 562. The molecule has 1 heterocycles. The van der Waals surface area contributed by atoms with E-state index >= 15 is 0 Å². The third-order valence-corrected chi connectivity index (χ3v) is 3.53. The van der Waals surface area contributed by atoms with Gasteiger partial charge in [-0.1, -0.05) is 55.7 Å². The molecule has 1 aliphatic rings. The van der Waals surface area contributed by atoms with Gasteiger partial charge in [-0.15, -0.1) is 0 Å². The summed E-state index contributed by atoms with van der Waals surface area (Å²) in [5, 5.41) is 8.86. The lowest BCUT2D eigenvalue weighted by Gasteiger charge is -2.10. The minimum absolute atomic E-state index is 0.0786. The fourth-order valence-corrected chi connectivity index (χ4v) is 2.22. The molecule has 1 aliphatic heterocycles. The molecular formula is C20H27NO. The average Bonchev–Trinajstić information content (AvgIpc) is 2.82. The first-order valence-corrected chi connectivity index (χ1v) is 7.61. The number of hydrogen-bond acceptors (Lipinski definition) is 2. The van der Waals surface area contributed by atoms with E-state index in [9.17, 15) is 0 Å². The van der Waals surface area contributed by atoms with Crippen LogP contribution in [0.1, 0.15) is 44.7 Å². The fourth-order valence-electron chi connectivity index (χ4n) is 2.22. The van der Waals surface area contributed by atoms with Crippen molar-refractivity contribution in [1.82, 2.24) is 0 Å². The van der Waals surface area contributed by atoms with Gasteiger partial charge in [-0.2, -0.15) is 0 Å². The Morgan fingerprint density at radius 3 is 2.32 bits per heavy atom. The number of aliphatic hydroxyl groups excluding tert-OH is 1. The van der Waals surface area contributed by atoms with E-state index < -0.39 is 0 Å². The van der Waals surface area contributed by atoms with Gasteiger partial charge in [-0.3, -0.25) is 4.99 Å². The number of aliphatic hydroxyl groups is 1. The number of hydrogen-bond donors (Lipinski definition) is 1. The number of benzene rings is 1. The van der Waals surface area contributed by atoms with Crippen LogP contribution in [0.2, 0.25) is 0 Å². The molecule has 0 atom stereocenters. The van der Waals surface area contributed by atoms with E-state index in [-0.39, 0.29) is 12.1 Å². The van der Waals surface area contributed by atoms with Gasteiger partial charge in [-0.25, -0.2) is 0 Å². The second kappa shape index (κ2) is 8.50. The number of nitrogens with zero attached hydrogens (tertiary/aromatic N) is 1. The van der Waals surface area contributed by atoms with Gasteiger partial charge in [0.15, 0.2) is 0 Å². The molecule has 0 radical (unpaired) electrons. The summed E-state index contributed by atoms with van der Waals surface area (Å²) in [6.07, 6.45) is 7.91. The molecule has 1 aromatic carbocycles. The van der Waals surface area contributed by atoms with Crippen molar-refractivity contribution in [2.75, 3.05) is 0 Å². The fraction of sp³-hybridized carbons (Fsp3) is 0.350. The molecule has 0 aromatic heterocycles. The summed E-state index contributed by atoms with van der Waals surface area (Å²) in [5.74, 6) is 0. The van der Waals surface area contributed by atoms with Crippen LogP contribution in [-0.4, -0.2) is 16.4 Å². The highest BCUT2D eigenvalue weighted by atomic mass is 16.3. The third-order valence-electron chi connectivity index (χ3n) is 3.53. The van der Waals surface area contributed by atoms with Crippen LogP contribution in [-0.2, 0) is 6.61 Å². The Balaban J connectivity index is 0.000000255. The summed E-state index contributed by atoms with van der Waals surface area (Å²) in [4.78, 5) is 4.44. The maximum Gasteiger partial charge on any atom is 0.0681 e. The molecule has 0 saturated heterocycles. The minimum atomic E-state index is 0.0786. The smallest absolute Gasteiger partial charge is 0.0681 e. The molecule has 2 heteroatoms. The van der Waals surface area contributed by atoms with Crippen LogP contribution < -0.4 is 0 Å². The van der Waals surface area contributed by atoms with Gasteiger partial charge in [0.2, 0.25) is 0 Å². The van der Waals surface area contributed by atoms with Gasteiger partial charge < -0.3 is 5.11 Å². The van der Waals surface area contributed by atoms with Crippen LogP contribution in [0.4, 0.5) is 0 Å². The Labute approximate surface area is 134 Å². The molecule has 1 N–H and O–H groups in total. The van der Waals surface area contributed by atoms with Crippen molar-refractivity contribution in [2.45, 2.75) is 45.8 Å². The first-order chi connectivity index (χ1) is 10.4. The number of rotatable bonds is 4. The van der Waals surface area contributed by atoms with Gasteiger partial charge in [0.05, 0.1) is 12.1 Å². The minimum Gasteiger partial charge on any atom is -0.392 e. The average molecular weight is 297 g/mol. The normalized spacial score (nSPS) is 15.9. The molecule has 0 unspecified atom stereocenters. The lowest BCUT2D eigenvalue weighted by atomic mass is 10.0. The van der Waals surface area contributed by atoms with Crippen molar-refractivity contribution >= 4 is 11.3 Å².